The van der Waals surface area contributed by atoms with E-state index >= 15 is 0 Å². The molecule has 0 spiro atoms. The van der Waals surface area contributed by atoms with Crippen LogP contribution in [0.25, 0.3) is 10.9 Å². The Bertz CT molecular complexity index is 1810. The summed E-state index contributed by atoms with van der Waals surface area (Å²) in [7, 11) is 1.61. The molecule has 0 aliphatic carbocycles. The lowest BCUT2D eigenvalue weighted by molar-refractivity contribution is 0.0296. The first-order chi connectivity index (χ1) is 22.1. The minimum Gasteiger partial charge on any atom is -0.497 e. The average Bonchev–Trinajstić information content (AvgIpc) is 3.10. The van der Waals surface area contributed by atoms with Gasteiger partial charge in [0.1, 0.15) is 23.6 Å². The number of aromatic nitrogens is 2. The quantitative estimate of drug-likeness (QED) is 0.188. The third-order valence-electron chi connectivity index (χ3n) is 8.49. The van der Waals surface area contributed by atoms with Gasteiger partial charge in [-0.2, -0.15) is 0 Å². The van der Waals surface area contributed by atoms with Gasteiger partial charge in [0.15, 0.2) is 0 Å². The van der Waals surface area contributed by atoms with E-state index in [9.17, 15) is 9.59 Å². The molecule has 8 heteroatoms. The first-order valence-electron chi connectivity index (χ1n) is 15.5. The number of para-hydroxylation sites is 1. The second-order valence-electron chi connectivity index (χ2n) is 11.4. The zero-order chi connectivity index (χ0) is 31.0. The average molecular weight is 606 g/mol. The second kappa shape index (κ2) is 14.4. The van der Waals surface area contributed by atoms with Crippen LogP contribution in [0.5, 0.6) is 11.5 Å². The Labute approximate surface area is 263 Å². The van der Waals surface area contributed by atoms with Gasteiger partial charge in [-0.15, -0.1) is 0 Å². The Morgan fingerprint density at radius 2 is 1.47 bits per heavy atom. The molecule has 232 valence electrons. The van der Waals surface area contributed by atoms with Crippen LogP contribution < -0.4 is 20.7 Å². The number of hydrogen-bond donors (Lipinski definition) is 0. The molecule has 6 rings (SSSR count). The summed E-state index contributed by atoms with van der Waals surface area (Å²) in [5, 5.41) is 0.453. The van der Waals surface area contributed by atoms with Gasteiger partial charge in [-0.3, -0.25) is 18.8 Å². The highest BCUT2D eigenvalue weighted by molar-refractivity contribution is 5.84. The molecule has 45 heavy (non-hydrogen) atoms. The first-order valence-corrected chi connectivity index (χ1v) is 15.5. The van der Waals surface area contributed by atoms with Gasteiger partial charge in [0.2, 0.25) is 0 Å². The van der Waals surface area contributed by atoms with E-state index in [1.54, 1.807) is 17.7 Å². The second-order valence-corrected chi connectivity index (χ2v) is 11.4. The van der Waals surface area contributed by atoms with Gasteiger partial charge in [0, 0.05) is 38.9 Å². The summed E-state index contributed by atoms with van der Waals surface area (Å²) in [6.07, 6.45) is 1.87. The Morgan fingerprint density at radius 1 is 0.778 bits per heavy atom. The molecule has 4 aromatic carbocycles. The smallest absolute Gasteiger partial charge is 0.331 e. The Morgan fingerprint density at radius 3 is 2.16 bits per heavy atom. The van der Waals surface area contributed by atoms with Crippen molar-refractivity contribution in [2.24, 2.45) is 0 Å². The first kappa shape index (κ1) is 30.4. The van der Waals surface area contributed by atoms with E-state index in [-0.39, 0.29) is 17.8 Å². The fraction of sp³-hybridized carbons (Fsp3) is 0.297. The molecule has 8 nitrogen and oxygen atoms in total. The number of ether oxygens (including phenoxy) is 3. The monoisotopic (exact) mass is 605 g/mol. The number of hydrogen-bond acceptors (Lipinski definition) is 6. The molecule has 1 fully saturated rings. The van der Waals surface area contributed by atoms with Gasteiger partial charge in [0.05, 0.1) is 19.0 Å². The van der Waals surface area contributed by atoms with Crippen LogP contribution in [0.15, 0.2) is 113 Å². The number of benzene rings is 4. The van der Waals surface area contributed by atoms with Crippen LogP contribution in [0.2, 0.25) is 0 Å². The lowest BCUT2D eigenvalue weighted by atomic mass is 10.1. The summed E-state index contributed by atoms with van der Waals surface area (Å²) < 4.78 is 20.3. The van der Waals surface area contributed by atoms with Gasteiger partial charge >= 0.3 is 5.69 Å². The third kappa shape index (κ3) is 7.19. The highest BCUT2D eigenvalue weighted by atomic mass is 16.5. The largest absolute Gasteiger partial charge is 0.497 e. The Hall–Kier alpha value is -4.66. The van der Waals surface area contributed by atoms with Crippen LogP contribution in [0.4, 0.5) is 0 Å². The molecule has 0 saturated carbocycles. The normalized spacial score (nSPS) is 13.7. The number of rotatable bonds is 12. The maximum atomic E-state index is 14.3. The van der Waals surface area contributed by atoms with Crippen molar-refractivity contribution >= 4 is 10.9 Å². The van der Waals surface area contributed by atoms with E-state index in [1.165, 1.54) is 10.1 Å². The number of fused-ring (bicyclic) bond motifs is 1. The zero-order valence-corrected chi connectivity index (χ0v) is 25.6. The number of nitrogens with zero attached hydrogens (tertiary/aromatic N) is 3. The molecular weight excluding hydrogens is 566 g/mol. The summed E-state index contributed by atoms with van der Waals surface area (Å²) >= 11 is 0. The summed E-state index contributed by atoms with van der Waals surface area (Å²) in [5.41, 5.74) is 2.90. The Balaban J connectivity index is 1.40. The highest BCUT2D eigenvalue weighted by Gasteiger charge is 2.23. The van der Waals surface area contributed by atoms with Crippen molar-refractivity contribution < 1.29 is 14.2 Å². The predicted octanol–water partition coefficient (Wildman–Crippen LogP) is 5.48. The highest BCUT2D eigenvalue weighted by Crippen LogP contribution is 2.25. The molecule has 1 saturated heterocycles. The SMILES string of the molecule is COc1ccc(Cn2c(=O)c3cccc(OCc4ccccc4)c3n(CCN(Cc3ccccc3)C3CCOCC3)c2=O)cc1. The topological polar surface area (TPSA) is 74.9 Å². The van der Waals surface area contributed by atoms with Crippen molar-refractivity contribution in [2.75, 3.05) is 26.9 Å². The molecule has 2 heterocycles. The third-order valence-corrected chi connectivity index (χ3v) is 8.49. The predicted molar refractivity (Wildman–Crippen MR) is 176 cm³/mol. The van der Waals surface area contributed by atoms with E-state index in [0.29, 0.717) is 48.1 Å². The van der Waals surface area contributed by atoms with Crippen molar-refractivity contribution in [2.45, 2.75) is 45.1 Å². The fourth-order valence-corrected chi connectivity index (χ4v) is 6.05. The van der Waals surface area contributed by atoms with Gasteiger partial charge in [-0.25, -0.2) is 4.79 Å². The standard InChI is InChI=1S/C37H39N3O5/c1-43-32-17-15-29(16-18-32)26-40-36(41)33-13-8-14-34(45-27-30-11-6-3-7-12-30)35(33)39(37(40)42)22-21-38(31-19-23-44-24-20-31)25-28-9-4-2-5-10-28/h2-18,31H,19-27H2,1H3. The molecular formula is C37H39N3O5. The molecule has 0 atom stereocenters. The molecule has 0 amide bonds. The maximum Gasteiger partial charge on any atom is 0.331 e. The minimum atomic E-state index is -0.356. The van der Waals surface area contributed by atoms with E-state index in [0.717, 1.165) is 43.7 Å². The Kier molecular flexibility index (Phi) is 9.73. The van der Waals surface area contributed by atoms with Crippen LogP contribution in [-0.4, -0.2) is 46.9 Å². The molecule has 0 bridgehead atoms. The summed E-state index contributed by atoms with van der Waals surface area (Å²) in [5.74, 6) is 1.23. The molecule has 0 radical (unpaired) electrons. The summed E-state index contributed by atoms with van der Waals surface area (Å²) in [4.78, 5) is 30.7. The van der Waals surface area contributed by atoms with Crippen LogP contribution in [0.3, 0.4) is 0 Å². The van der Waals surface area contributed by atoms with Crippen molar-refractivity contribution in [3.8, 4) is 11.5 Å². The van der Waals surface area contributed by atoms with Gasteiger partial charge in [-0.1, -0.05) is 78.9 Å². The van der Waals surface area contributed by atoms with E-state index in [1.807, 2.05) is 72.8 Å². The molecule has 1 aliphatic rings. The van der Waals surface area contributed by atoms with E-state index in [2.05, 4.69) is 29.2 Å². The molecule has 0 N–H and O–H groups in total. The number of methoxy groups -OCH3 is 1. The van der Waals surface area contributed by atoms with Crippen LogP contribution in [0, 0.1) is 0 Å². The van der Waals surface area contributed by atoms with E-state index < -0.39 is 0 Å². The molecule has 0 unspecified atom stereocenters. The summed E-state index contributed by atoms with van der Waals surface area (Å²) in [6.45, 7) is 3.72. The molecule has 1 aromatic heterocycles. The van der Waals surface area contributed by atoms with Crippen LogP contribution in [0.1, 0.15) is 29.5 Å². The maximum absolute atomic E-state index is 14.3. The van der Waals surface area contributed by atoms with Crippen molar-refractivity contribution in [3.63, 3.8) is 0 Å². The van der Waals surface area contributed by atoms with E-state index in [4.69, 9.17) is 14.2 Å². The fourth-order valence-electron chi connectivity index (χ4n) is 6.05. The zero-order valence-electron chi connectivity index (χ0n) is 25.6. The van der Waals surface area contributed by atoms with Crippen LogP contribution in [-0.2, 0) is 31.0 Å². The van der Waals surface area contributed by atoms with Gasteiger partial charge in [-0.05, 0) is 53.8 Å². The van der Waals surface area contributed by atoms with Gasteiger partial charge in [0.25, 0.3) is 5.56 Å². The van der Waals surface area contributed by atoms with Crippen molar-refractivity contribution in [1.29, 1.82) is 0 Å². The van der Waals surface area contributed by atoms with Crippen molar-refractivity contribution in [1.82, 2.24) is 14.0 Å². The summed E-state index contributed by atoms with van der Waals surface area (Å²) in [6, 6.07) is 33.5. The molecule has 1 aliphatic heterocycles. The van der Waals surface area contributed by atoms with Gasteiger partial charge < -0.3 is 14.2 Å². The lowest BCUT2D eigenvalue weighted by Crippen LogP contribution is -2.44. The lowest BCUT2D eigenvalue weighted by Gasteiger charge is -2.34. The van der Waals surface area contributed by atoms with Crippen LogP contribution >= 0.6 is 0 Å². The minimum absolute atomic E-state index is 0.153. The molecule has 5 aromatic rings. The van der Waals surface area contributed by atoms with Crippen molar-refractivity contribution in [3.05, 3.63) is 141 Å².